The second-order valence-electron chi connectivity index (χ2n) is 4.13. The van der Waals surface area contributed by atoms with Crippen LogP contribution in [0, 0.1) is 11.3 Å². The molecule has 0 atom stereocenters. The van der Waals surface area contributed by atoms with Gasteiger partial charge in [0.1, 0.15) is 6.07 Å². The highest BCUT2D eigenvalue weighted by molar-refractivity contribution is 7.09. The maximum Gasteiger partial charge on any atom is 0.101 e. The summed E-state index contributed by atoms with van der Waals surface area (Å²) in [5.74, 6) is 0. The molecule has 1 aromatic carbocycles. The Balaban J connectivity index is 2.05. The molecule has 0 spiro atoms. The maximum absolute atomic E-state index is 8.96. The molecule has 3 nitrogen and oxygen atoms in total. The molecule has 1 aromatic heterocycles. The SMILES string of the molecule is CN(CCc1cccs1)c1ccc(N)c(C#N)c1. The number of thiophene rings is 1. The van der Waals surface area contributed by atoms with Crippen molar-refractivity contribution in [3.8, 4) is 6.07 Å². The third-order valence-electron chi connectivity index (χ3n) is 2.87. The first-order valence-electron chi connectivity index (χ1n) is 5.74. The highest BCUT2D eigenvalue weighted by Gasteiger charge is 2.05. The molecule has 0 aliphatic heterocycles. The number of hydrogen-bond donors (Lipinski definition) is 1. The quantitative estimate of drug-likeness (QED) is 0.857. The molecule has 0 aliphatic rings. The zero-order valence-corrected chi connectivity index (χ0v) is 11.1. The number of nitrogen functional groups attached to an aromatic ring is 1. The van der Waals surface area contributed by atoms with Gasteiger partial charge in [-0.15, -0.1) is 11.3 Å². The lowest BCUT2D eigenvalue weighted by Gasteiger charge is -2.19. The minimum atomic E-state index is 0.535. The fraction of sp³-hybridized carbons (Fsp3) is 0.214. The average molecular weight is 257 g/mol. The summed E-state index contributed by atoms with van der Waals surface area (Å²) in [6, 6.07) is 11.9. The third kappa shape index (κ3) is 2.82. The van der Waals surface area contributed by atoms with Gasteiger partial charge in [0.05, 0.1) is 5.56 Å². The Morgan fingerprint density at radius 1 is 1.39 bits per heavy atom. The van der Waals surface area contributed by atoms with E-state index in [-0.39, 0.29) is 0 Å². The topological polar surface area (TPSA) is 53.0 Å². The van der Waals surface area contributed by atoms with Crippen molar-refractivity contribution < 1.29 is 0 Å². The zero-order valence-electron chi connectivity index (χ0n) is 10.3. The fourth-order valence-electron chi connectivity index (χ4n) is 1.74. The Labute approximate surface area is 111 Å². The lowest BCUT2D eigenvalue weighted by atomic mass is 10.1. The molecule has 1 heterocycles. The van der Waals surface area contributed by atoms with Gasteiger partial charge in [0.2, 0.25) is 0 Å². The standard InChI is InChI=1S/C14H15N3S/c1-17(7-6-13-3-2-8-18-13)12-4-5-14(16)11(9-12)10-15/h2-5,8-9H,6-7,16H2,1H3. The maximum atomic E-state index is 8.96. The first-order chi connectivity index (χ1) is 8.70. The van der Waals surface area contributed by atoms with Gasteiger partial charge in [0, 0.05) is 29.8 Å². The zero-order chi connectivity index (χ0) is 13.0. The van der Waals surface area contributed by atoms with Gasteiger partial charge in [-0.25, -0.2) is 0 Å². The normalized spacial score (nSPS) is 10.0. The smallest absolute Gasteiger partial charge is 0.101 e. The van der Waals surface area contributed by atoms with Gasteiger partial charge in [-0.2, -0.15) is 5.26 Å². The van der Waals surface area contributed by atoms with E-state index in [9.17, 15) is 0 Å². The highest BCUT2D eigenvalue weighted by atomic mass is 32.1. The van der Waals surface area contributed by atoms with Crippen molar-refractivity contribution >= 4 is 22.7 Å². The molecule has 0 radical (unpaired) electrons. The Bertz CT molecular complexity index is 555. The van der Waals surface area contributed by atoms with Crippen LogP contribution in [0.5, 0.6) is 0 Å². The van der Waals surface area contributed by atoms with E-state index in [0.717, 1.165) is 18.7 Å². The summed E-state index contributed by atoms with van der Waals surface area (Å²) in [6.07, 6.45) is 1.01. The number of anilines is 2. The third-order valence-corrected chi connectivity index (χ3v) is 3.81. The molecular weight excluding hydrogens is 242 g/mol. The van der Waals surface area contributed by atoms with Crippen LogP contribution < -0.4 is 10.6 Å². The molecule has 4 heteroatoms. The predicted octanol–water partition coefficient (Wildman–Crippen LogP) is 2.88. The number of benzene rings is 1. The van der Waals surface area contributed by atoms with Crippen LogP contribution in [0.1, 0.15) is 10.4 Å². The number of rotatable bonds is 4. The summed E-state index contributed by atoms with van der Waals surface area (Å²) in [4.78, 5) is 3.51. The van der Waals surface area contributed by atoms with Gasteiger partial charge in [0.15, 0.2) is 0 Å². The second-order valence-corrected chi connectivity index (χ2v) is 5.17. The molecule has 0 unspecified atom stereocenters. The van der Waals surface area contributed by atoms with Gasteiger partial charge < -0.3 is 10.6 Å². The molecule has 0 amide bonds. The Kier molecular flexibility index (Phi) is 3.85. The Morgan fingerprint density at radius 2 is 2.22 bits per heavy atom. The van der Waals surface area contributed by atoms with E-state index in [1.807, 2.05) is 19.2 Å². The highest BCUT2D eigenvalue weighted by Crippen LogP contribution is 2.20. The largest absolute Gasteiger partial charge is 0.398 e. The van der Waals surface area contributed by atoms with Crippen molar-refractivity contribution in [1.82, 2.24) is 0 Å². The molecule has 0 bridgehead atoms. The number of nitriles is 1. The summed E-state index contributed by atoms with van der Waals surface area (Å²) in [5, 5.41) is 11.0. The van der Waals surface area contributed by atoms with Crippen LogP contribution in [0.3, 0.4) is 0 Å². The molecule has 92 valence electrons. The molecule has 0 aliphatic carbocycles. The van der Waals surface area contributed by atoms with Crippen LogP contribution >= 0.6 is 11.3 Å². The molecule has 0 fully saturated rings. The fourth-order valence-corrected chi connectivity index (χ4v) is 2.44. The molecular formula is C14H15N3S. The van der Waals surface area contributed by atoms with Crippen LogP contribution in [0.25, 0.3) is 0 Å². The van der Waals surface area contributed by atoms with Crippen LogP contribution in [0.2, 0.25) is 0 Å². The lowest BCUT2D eigenvalue weighted by molar-refractivity contribution is 0.887. The number of nitrogens with zero attached hydrogens (tertiary/aromatic N) is 2. The van der Waals surface area contributed by atoms with E-state index < -0.39 is 0 Å². The molecule has 2 N–H and O–H groups in total. The molecule has 0 saturated carbocycles. The molecule has 0 saturated heterocycles. The van der Waals surface area contributed by atoms with Gasteiger partial charge in [-0.1, -0.05) is 6.07 Å². The van der Waals surface area contributed by atoms with Crippen molar-refractivity contribution in [2.45, 2.75) is 6.42 Å². The number of nitrogens with two attached hydrogens (primary N) is 1. The van der Waals surface area contributed by atoms with Crippen LogP contribution in [-0.2, 0) is 6.42 Å². The van der Waals surface area contributed by atoms with Crippen LogP contribution in [-0.4, -0.2) is 13.6 Å². The minimum absolute atomic E-state index is 0.535. The Morgan fingerprint density at radius 3 is 2.89 bits per heavy atom. The summed E-state index contributed by atoms with van der Waals surface area (Å²) in [5.41, 5.74) is 7.81. The number of hydrogen-bond acceptors (Lipinski definition) is 4. The van der Waals surface area contributed by atoms with Crippen molar-refractivity contribution in [1.29, 1.82) is 5.26 Å². The summed E-state index contributed by atoms with van der Waals surface area (Å²) < 4.78 is 0. The average Bonchev–Trinajstić information content (AvgIpc) is 2.89. The first-order valence-corrected chi connectivity index (χ1v) is 6.62. The van der Waals surface area contributed by atoms with Crippen molar-refractivity contribution in [2.75, 3.05) is 24.2 Å². The van der Waals surface area contributed by atoms with Gasteiger partial charge >= 0.3 is 0 Å². The molecule has 2 aromatic rings. The second kappa shape index (κ2) is 5.56. The van der Waals surface area contributed by atoms with Gasteiger partial charge in [0.25, 0.3) is 0 Å². The van der Waals surface area contributed by atoms with Crippen LogP contribution in [0.15, 0.2) is 35.7 Å². The van der Waals surface area contributed by atoms with Gasteiger partial charge in [-0.05, 0) is 36.1 Å². The van der Waals surface area contributed by atoms with Crippen molar-refractivity contribution in [3.05, 3.63) is 46.2 Å². The first kappa shape index (κ1) is 12.5. The molecule has 2 rings (SSSR count). The van der Waals surface area contributed by atoms with E-state index in [0.29, 0.717) is 11.3 Å². The van der Waals surface area contributed by atoms with E-state index in [1.165, 1.54) is 4.88 Å². The summed E-state index contributed by atoms with van der Waals surface area (Å²) in [7, 11) is 2.03. The van der Waals surface area contributed by atoms with E-state index >= 15 is 0 Å². The minimum Gasteiger partial charge on any atom is -0.398 e. The van der Waals surface area contributed by atoms with Crippen molar-refractivity contribution in [2.24, 2.45) is 0 Å². The number of likely N-dealkylation sites (N-methyl/N-ethyl adjacent to an activating group) is 1. The predicted molar refractivity (Wildman–Crippen MR) is 76.9 cm³/mol. The van der Waals surface area contributed by atoms with E-state index in [2.05, 4.69) is 28.5 Å². The monoisotopic (exact) mass is 257 g/mol. The van der Waals surface area contributed by atoms with Crippen molar-refractivity contribution in [3.63, 3.8) is 0 Å². The van der Waals surface area contributed by atoms with Gasteiger partial charge in [-0.3, -0.25) is 0 Å². The molecule has 18 heavy (non-hydrogen) atoms. The summed E-state index contributed by atoms with van der Waals surface area (Å²) in [6.45, 7) is 0.926. The van der Waals surface area contributed by atoms with E-state index in [1.54, 1.807) is 17.4 Å². The Hall–Kier alpha value is -1.99. The summed E-state index contributed by atoms with van der Waals surface area (Å²) >= 11 is 1.77. The van der Waals surface area contributed by atoms with E-state index in [4.69, 9.17) is 11.0 Å². The van der Waals surface area contributed by atoms with Crippen LogP contribution in [0.4, 0.5) is 11.4 Å². The lowest BCUT2D eigenvalue weighted by Crippen LogP contribution is -2.20.